The fourth-order valence-electron chi connectivity index (χ4n) is 4.47. The molecule has 0 bridgehead atoms. The number of ether oxygens (including phenoxy) is 1. The van der Waals surface area contributed by atoms with E-state index in [2.05, 4.69) is 14.7 Å². The zero-order chi connectivity index (χ0) is 25.1. The minimum absolute atomic E-state index is 0.115. The molecule has 1 aliphatic rings. The van der Waals surface area contributed by atoms with Gasteiger partial charge in [-0.05, 0) is 61.4 Å². The van der Waals surface area contributed by atoms with Crippen molar-refractivity contribution in [2.75, 3.05) is 24.9 Å². The number of carbonyl (C=O) groups is 1. The first-order valence-corrected chi connectivity index (χ1v) is 12.8. The maximum absolute atomic E-state index is 13.1. The first kappa shape index (κ1) is 23.9. The van der Waals surface area contributed by atoms with Gasteiger partial charge in [0.1, 0.15) is 17.0 Å². The van der Waals surface area contributed by atoms with Crippen molar-refractivity contribution in [3.63, 3.8) is 0 Å². The maximum Gasteiger partial charge on any atom is 0.253 e. The highest BCUT2D eigenvalue weighted by molar-refractivity contribution is 7.86. The van der Waals surface area contributed by atoms with E-state index in [0.717, 1.165) is 5.39 Å². The largest absolute Gasteiger partial charge is 0.495 e. The topological polar surface area (TPSA) is 105 Å². The fourth-order valence-corrected chi connectivity index (χ4v) is 5.48. The summed E-state index contributed by atoms with van der Waals surface area (Å²) in [6.07, 6.45) is 4.04. The Kier molecular flexibility index (Phi) is 6.67. The van der Waals surface area contributed by atoms with Crippen LogP contribution in [0.3, 0.4) is 0 Å². The molecule has 0 spiro atoms. The summed E-state index contributed by atoms with van der Waals surface area (Å²) in [5.74, 6) is 0.426. The van der Waals surface area contributed by atoms with Crippen molar-refractivity contribution in [1.29, 1.82) is 0 Å². The van der Waals surface area contributed by atoms with Gasteiger partial charge in [-0.1, -0.05) is 18.2 Å². The van der Waals surface area contributed by atoms with E-state index in [-0.39, 0.29) is 5.91 Å². The lowest BCUT2D eigenvalue weighted by Crippen LogP contribution is -2.45. The molecular formula is C27H26N4O4S. The zero-order valence-electron chi connectivity index (χ0n) is 19.8. The molecule has 1 saturated heterocycles. The number of hydrogen-bond donors (Lipinski definition) is 2. The van der Waals surface area contributed by atoms with Gasteiger partial charge in [0.2, 0.25) is 0 Å². The molecule has 0 saturated carbocycles. The average Bonchev–Trinajstić information content (AvgIpc) is 2.93. The number of carbonyl (C=O) groups excluding carboxylic acids is 1. The van der Waals surface area contributed by atoms with Crippen molar-refractivity contribution < 1.29 is 18.8 Å². The second-order valence-corrected chi connectivity index (χ2v) is 9.84. The van der Waals surface area contributed by atoms with Gasteiger partial charge in [-0.3, -0.25) is 14.8 Å². The second-order valence-electron chi connectivity index (χ2n) is 8.66. The molecule has 5 rings (SSSR count). The van der Waals surface area contributed by atoms with Gasteiger partial charge in [0.05, 0.1) is 17.5 Å². The van der Waals surface area contributed by atoms with Crippen LogP contribution < -0.4 is 9.46 Å². The lowest BCUT2D eigenvalue weighted by atomic mass is 9.87. The first-order valence-electron chi connectivity index (χ1n) is 11.6. The number of methoxy groups -OCH3 is 1. The molecule has 9 heteroatoms. The smallest absolute Gasteiger partial charge is 0.253 e. The summed E-state index contributed by atoms with van der Waals surface area (Å²) in [4.78, 5) is 24.1. The van der Waals surface area contributed by atoms with E-state index < -0.39 is 16.6 Å². The van der Waals surface area contributed by atoms with Crippen LogP contribution in [0.2, 0.25) is 0 Å². The normalized spacial score (nSPS) is 15.9. The average molecular weight is 503 g/mol. The monoisotopic (exact) mass is 502 g/mol. The molecule has 2 aromatic heterocycles. The summed E-state index contributed by atoms with van der Waals surface area (Å²) in [7, 11) is 0.0389. The van der Waals surface area contributed by atoms with Crippen LogP contribution in [0.15, 0.2) is 84.0 Å². The van der Waals surface area contributed by atoms with Gasteiger partial charge < -0.3 is 19.5 Å². The van der Waals surface area contributed by atoms with E-state index in [0.29, 0.717) is 59.0 Å². The summed E-state index contributed by atoms with van der Waals surface area (Å²) >= 11 is 0. The summed E-state index contributed by atoms with van der Waals surface area (Å²) in [5.41, 5.74) is 1.21. The molecule has 1 amide bonds. The second kappa shape index (κ2) is 10.0. The number of piperidine rings is 1. The minimum Gasteiger partial charge on any atom is -0.495 e. The highest BCUT2D eigenvalue weighted by Crippen LogP contribution is 2.36. The third-order valence-electron chi connectivity index (χ3n) is 6.45. The number of hydrogen-bond acceptors (Lipinski definition) is 6. The molecule has 1 fully saturated rings. The van der Waals surface area contributed by atoms with Gasteiger partial charge >= 0.3 is 0 Å². The van der Waals surface area contributed by atoms with Crippen molar-refractivity contribution in [1.82, 2.24) is 14.9 Å². The zero-order valence-corrected chi connectivity index (χ0v) is 20.6. The predicted octanol–water partition coefficient (Wildman–Crippen LogP) is 3.90. The summed E-state index contributed by atoms with van der Waals surface area (Å²) in [5, 5.41) is 12.1. The number of fused-ring (bicyclic) bond motifs is 1. The molecule has 3 heterocycles. The molecule has 2 N–H and O–H groups in total. The van der Waals surface area contributed by atoms with Gasteiger partial charge in [0, 0.05) is 42.1 Å². The van der Waals surface area contributed by atoms with Crippen molar-refractivity contribution >= 4 is 33.5 Å². The Bertz CT molecular complexity index is 1410. The number of nitrogens with one attached hydrogen (secondary N) is 1. The maximum atomic E-state index is 13.1. The highest BCUT2D eigenvalue weighted by Gasteiger charge is 2.38. The Hall–Kier alpha value is -3.82. The van der Waals surface area contributed by atoms with Gasteiger partial charge in [-0.2, -0.15) is 0 Å². The van der Waals surface area contributed by atoms with E-state index in [1.807, 2.05) is 24.3 Å². The third-order valence-corrected chi connectivity index (χ3v) is 7.60. The molecule has 4 aromatic rings. The fraction of sp³-hybridized carbons (Fsp3) is 0.222. The Balaban J connectivity index is 1.24. The molecule has 1 unspecified atom stereocenters. The highest BCUT2D eigenvalue weighted by atomic mass is 32.2. The van der Waals surface area contributed by atoms with Crippen LogP contribution >= 0.6 is 0 Å². The Morgan fingerprint density at radius 2 is 1.69 bits per heavy atom. The predicted molar refractivity (Wildman–Crippen MR) is 138 cm³/mol. The molecule has 1 aliphatic heterocycles. The van der Waals surface area contributed by atoms with Crippen molar-refractivity contribution in [2.24, 2.45) is 0 Å². The van der Waals surface area contributed by atoms with Crippen LogP contribution in [0, 0.1) is 0 Å². The van der Waals surface area contributed by atoms with Crippen molar-refractivity contribution in [3.8, 4) is 5.75 Å². The van der Waals surface area contributed by atoms with Gasteiger partial charge in [0.25, 0.3) is 5.91 Å². The number of aliphatic hydroxyl groups is 1. The van der Waals surface area contributed by atoms with Crippen molar-refractivity contribution in [2.45, 2.75) is 23.3 Å². The number of aromatic nitrogens is 2. The number of anilines is 1. The van der Waals surface area contributed by atoms with Crippen LogP contribution in [-0.2, 0) is 16.6 Å². The molecule has 8 nitrogen and oxygen atoms in total. The Labute approximate surface area is 211 Å². The van der Waals surface area contributed by atoms with Crippen LogP contribution in [-0.4, -0.2) is 50.3 Å². The lowest BCUT2D eigenvalue weighted by molar-refractivity contribution is -0.0260. The number of amides is 1. The van der Waals surface area contributed by atoms with Crippen LogP contribution in [0.25, 0.3) is 10.9 Å². The molecular weight excluding hydrogens is 476 g/mol. The van der Waals surface area contributed by atoms with Crippen LogP contribution in [0.1, 0.15) is 28.9 Å². The first-order chi connectivity index (χ1) is 17.5. The molecule has 1 atom stereocenters. The van der Waals surface area contributed by atoms with Crippen LogP contribution in [0.4, 0.5) is 5.69 Å². The number of likely N-dealkylation sites (tertiary alicyclic amines) is 1. The van der Waals surface area contributed by atoms with Crippen LogP contribution in [0.5, 0.6) is 5.75 Å². The number of para-hydroxylation sites is 1. The van der Waals surface area contributed by atoms with E-state index in [9.17, 15) is 14.1 Å². The molecule has 36 heavy (non-hydrogen) atoms. The summed E-state index contributed by atoms with van der Waals surface area (Å²) in [6, 6.07) is 19.8. The molecule has 0 radical (unpaired) electrons. The van der Waals surface area contributed by atoms with E-state index in [1.54, 1.807) is 66.9 Å². The summed E-state index contributed by atoms with van der Waals surface area (Å²) in [6.45, 7) is 0.792. The number of nitrogens with zero attached hydrogens (tertiary/aromatic N) is 3. The Morgan fingerprint density at radius 3 is 2.44 bits per heavy atom. The van der Waals surface area contributed by atoms with Gasteiger partial charge in [0.15, 0.2) is 11.0 Å². The summed E-state index contributed by atoms with van der Waals surface area (Å²) < 4.78 is 21.3. The van der Waals surface area contributed by atoms with Gasteiger partial charge in [-0.25, -0.2) is 4.21 Å². The number of rotatable bonds is 6. The van der Waals surface area contributed by atoms with Crippen molar-refractivity contribution in [3.05, 3.63) is 90.4 Å². The van der Waals surface area contributed by atoms with Gasteiger partial charge in [-0.15, -0.1) is 0 Å². The minimum atomic E-state index is -1.51. The third kappa shape index (κ3) is 4.67. The SMILES string of the molecule is COc1cccnc1C1(O)CCN(C(=O)c2ccc(NS(=O)c3cccc4cccnc34)cc2)CC1. The van der Waals surface area contributed by atoms with E-state index >= 15 is 0 Å². The Morgan fingerprint density at radius 1 is 1.00 bits per heavy atom. The standard InChI is InChI=1S/C27H26N4O4S/c1-35-22-7-4-16-29-25(22)27(33)13-17-31(18-14-27)26(32)20-9-11-21(12-10-20)30-36(34)23-8-2-5-19-6-3-15-28-24(19)23/h2-12,15-16,30,33H,13-14,17-18H2,1H3. The van der Waals surface area contributed by atoms with E-state index in [4.69, 9.17) is 4.74 Å². The quantitative estimate of drug-likeness (QED) is 0.414. The number of benzene rings is 2. The lowest BCUT2D eigenvalue weighted by Gasteiger charge is -2.38. The molecule has 2 aromatic carbocycles. The number of pyridine rings is 2. The van der Waals surface area contributed by atoms with E-state index in [1.165, 1.54) is 0 Å². The molecule has 0 aliphatic carbocycles. The molecule has 184 valence electrons.